The van der Waals surface area contributed by atoms with E-state index in [1.54, 1.807) is 10.4 Å². The first-order valence-electron chi connectivity index (χ1n) is 7.20. The van der Waals surface area contributed by atoms with Crippen LogP contribution < -0.4 is 11.3 Å². The first kappa shape index (κ1) is 14.7. The van der Waals surface area contributed by atoms with Gasteiger partial charge in [-0.05, 0) is 32.4 Å². The van der Waals surface area contributed by atoms with Gasteiger partial charge in [-0.1, -0.05) is 0 Å². The van der Waals surface area contributed by atoms with Crippen molar-refractivity contribution < 1.29 is 8.42 Å². The minimum atomic E-state index is -3.59. The number of anilines is 1. The number of sulfonamides is 1. The molecule has 0 bridgehead atoms. The van der Waals surface area contributed by atoms with Crippen molar-refractivity contribution >= 4 is 15.7 Å². The van der Waals surface area contributed by atoms with Crippen LogP contribution in [-0.4, -0.2) is 54.3 Å². The van der Waals surface area contributed by atoms with E-state index in [0.717, 1.165) is 25.9 Å². The number of hydrogen-bond donors (Lipinski definition) is 2. The first-order valence-corrected chi connectivity index (χ1v) is 8.64. The first-order chi connectivity index (χ1) is 10.0. The molecule has 1 aromatic rings. The predicted octanol–water partition coefficient (Wildman–Crippen LogP) is 0.224. The Bertz CT molecular complexity index is 621. The van der Waals surface area contributed by atoms with Crippen LogP contribution in [0, 0.1) is 0 Å². The summed E-state index contributed by atoms with van der Waals surface area (Å²) in [5.41, 5.74) is 2.83. The number of fused-ring (bicyclic) bond motifs is 1. The van der Waals surface area contributed by atoms with Crippen molar-refractivity contribution in [2.75, 3.05) is 25.1 Å². The Hall–Kier alpha value is -1.22. The highest BCUT2D eigenvalue weighted by Crippen LogP contribution is 2.30. The highest BCUT2D eigenvalue weighted by Gasteiger charge is 2.40. The third-order valence-electron chi connectivity index (χ3n) is 4.41. The molecule has 0 aliphatic carbocycles. The van der Waals surface area contributed by atoms with Gasteiger partial charge in [-0.3, -0.25) is 15.7 Å². The van der Waals surface area contributed by atoms with E-state index in [0.29, 0.717) is 18.3 Å². The molecule has 2 aliphatic rings. The van der Waals surface area contributed by atoms with E-state index >= 15 is 0 Å². The van der Waals surface area contributed by atoms with Crippen molar-refractivity contribution in [3.05, 3.63) is 18.5 Å². The summed E-state index contributed by atoms with van der Waals surface area (Å²) in [4.78, 5) is 6.47. The Kier molecular flexibility index (Phi) is 3.87. The smallest absolute Gasteiger partial charge is 0.247 e. The largest absolute Gasteiger partial charge is 0.323 e. The van der Waals surface area contributed by atoms with Crippen LogP contribution >= 0.6 is 0 Å². The molecular weight excluding hydrogens is 290 g/mol. The van der Waals surface area contributed by atoms with E-state index in [1.807, 2.05) is 6.92 Å². The number of nitrogens with two attached hydrogens (primary N) is 1. The molecule has 3 heterocycles. The van der Waals surface area contributed by atoms with Crippen LogP contribution in [0.4, 0.5) is 5.69 Å². The summed E-state index contributed by atoms with van der Waals surface area (Å²) < 4.78 is 27.5. The fraction of sp³-hybridized carbons (Fsp3) is 0.615. The predicted molar refractivity (Wildman–Crippen MR) is 80.0 cm³/mol. The molecule has 3 rings (SSSR count). The Morgan fingerprint density at radius 2 is 2.24 bits per heavy atom. The van der Waals surface area contributed by atoms with E-state index in [1.165, 1.54) is 12.4 Å². The monoisotopic (exact) mass is 311 g/mol. The van der Waals surface area contributed by atoms with Gasteiger partial charge in [-0.25, -0.2) is 8.42 Å². The van der Waals surface area contributed by atoms with Crippen LogP contribution in [-0.2, 0) is 10.0 Å². The Morgan fingerprint density at radius 3 is 3.00 bits per heavy atom. The number of aromatic nitrogens is 1. The molecule has 0 saturated carbocycles. The summed E-state index contributed by atoms with van der Waals surface area (Å²) in [6, 6.07) is 1.86. The van der Waals surface area contributed by atoms with E-state index < -0.39 is 10.0 Å². The van der Waals surface area contributed by atoms with Crippen LogP contribution in [0.1, 0.15) is 19.8 Å². The normalized spacial score (nSPS) is 27.5. The number of nitrogen functional groups attached to an aromatic ring is 1. The molecule has 0 amide bonds. The van der Waals surface area contributed by atoms with E-state index in [4.69, 9.17) is 5.84 Å². The lowest BCUT2D eigenvalue weighted by atomic mass is 10.1. The Balaban J connectivity index is 1.94. The van der Waals surface area contributed by atoms with Gasteiger partial charge in [0.25, 0.3) is 0 Å². The summed E-state index contributed by atoms with van der Waals surface area (Å²) in [6.07, 6.45) is 5.09. The van der Waals surface area contributed by atoms with Crippen LogP contribution in [0.3, 0.4) is 0 Å². The number of hydrazine groups is 1. The van der Waals surface area contributed by atoms with Crippen molar-refractivity contribution in [2.24, 2.45) is 5.84 Å². The van der Waals surface area contributed by atoms with Crippen LogP contribution in [0.2, 0.25) is 0 Å². The lowest BCUT2D eigenvalue weighted by Gasteiger charge is -2.41. The van der Waals surface area contributed by atoms with E-state index in [2.05, 4.69) is 15.3 Å². The van der Waals surface area contributed by atoms with Gasteiger partial charge < -0.3 is 5.43 Å². The second-order valence-corrected chi connectivity index (χ2v) is 7.59. The number of nitrogens with zero attached hydrogens (tertiary/aromatic N) is 3. The standard InChI is InChI=1S/C13H21N5O2S/c1-10-8-17-6-2-3-11(17)9-18(10)21(19,20)13-7-15-5-4-12(13)16-14/h4-5,7,10-11H,2-3,6,8-9,14H2,1H3,(H,15,16). The molecule has 0 spiro atoms. The number of piperazine rings is 1. The molecule has 2 fully saturated rings. The molecule has 2 saturated heterocycles. The van der Waals surface area contributed by atoms with Gasteiger partial charge in [-0.15, -0.1) is 0 Å². The maximum atomic E-state index is 12.9. The molecule has 2 aliphatic heterocycles. The highest BCUT2D eigenvalue weighted by atomic mass is 32.2. The quantitative estimate of drug-likeness (QED) is 0.613. The Morgan fingerprint density at radius 1 is 1.43 bits per heavy atom. The van der Waals surface area contributed by atoms with E-state index in [-0.39, 0.29) is 10.9 Å². The number of hydrogen-bond acceptors (Lipinski definition) is 6. The molecule has 7 nitrogen and oxygen atoms in total. The average Bonchev–Trinajstić information content (AvgIpc) is 2.93. The average molecular weight is 311 g/mol. The van der Waals surface area contributed by atoms with Gasteiger partial charge in [0, 0.05) is 37.6 Å². The minimum absolute atomic E-state index is 0.0461. The second kappa shape index (κ2) is 5.53. The lowest BCUT2D eigenvalue weighted by Crippen LogP contribution is -2.56. The zero-order valence-electron chi connectivity index (χ0n) is 12.1. The number of pyridine rings is 1. The van der Waals surface area contributed by atoms with Gasteiger partial charge in [0.05, 0.1) is 5.69 Å². The molecule has 8 heteroatoms. The lowest BCUT2D eigenvalue weighted by molar-refractivity contribution is 0.117. The highest BCUT2D eigenvalue weighted by molar-refractivity contribution is 7.89. The van der Waals surface area contributed by atoms with E-state index in [9.17, 15) is 8.42 Å². The fourth-order valence-electron chi connectivity index (χ4n) is 3.33. The summed E-state index contributed by atoms with van der Waals surface area (Å²) in [6.45, 7) is 4.36. The molecule has 2 unspecified atom stereocenters. The summed E-state index contributed by atoms with van der Waals surface area (Å²) >= 11 is 0. The van der Waals surface area contributed by atoms with Crippen molar-refractivity contribution in [1.82, 2.24) is 14.2 Å². The molecular formula is C13H21N5O2S. The van der Waals surface area contributed by atoms with Crippen molar-refractivity contribution in [3.8, 4) is 0 Å². The summed E-state index contributed by atoms with van der Waals surface area (Å²) in [5.74, 6) is 5.43. The van der Waals surface area contributed by atoms with Gasteiger partial charge in [0.1, 0.15) is 4.90 Å². The molecule has 116 valence electrons. The minimum Gasteiger partial charge on any atom is -0.323 e. The van der Waals surface area contributed by atoms with Crippen molar-refractivity contribution in [3.63, 3.8) is 0 Å². The van der Waals surface area contributed by atoms with Crippen LogP contribution in [0.15, 0.2) is 23.4 Å². The van der Waals surface area contributed by atoms with Gasteiger partial charge in [0.2, 0.25) is 10.0 Å². The molecule has 3 N–H and O–H groups in total. The number of rotatable bonds is 3. The van der Waals surface area contributed by atoms with Crippen LogP contribution in [0.25, 0.3) is 0 Å². The zero-order valence-corrected chi connectivity index (χ0v) is 12.9. The summed E-state index contributed by atoms with van der Waals surface area (Å²) in [7, 11) is -3.59. The molecule has 0 aromatic carbocycles. The molecule has 2 atom stereocenters. The van der Waals surface area contributed by atoms with Gasteiger partial charge >= 0.3 is 0 Å². The molecule has 21 heavy (non-hydrogen) atoms. The van der Waals surface area contributed by atoms with Crippen LogP contribution in [0.5, 0.6) is 0 Å². The third kappa shape index (κ3) is 2.52. The third-order valence-corrected chi connectivity index (χ3v) is 6.41. The number of nitrogens with one attached hydrogen (secondary N) is 1. The molecule has 1 aromatic heterocycles. The second-order valence-electron chi connectivity index (χ2n) is 5.73. The SMILES string of the molecule is CC1CN2CCCC2CN1S(=O)(=O)c1cnccc1NN. The molecule has 0 radical (unpaired) electrons. The maximum Gasteiger partial charge on any atom is 0.247 e. The topological polar surface area (TPSA) is 91.6 Å². The maximum absolute atomic E-state index is 12.9. The summed E-state index contributed by atoms with van der Waals surface area (Å²) in [5, 5.41) is 0. The zero-order chi connectivity index (χ0) is 15.0. The van der Waals surface area contributed by atoms with Crippen molar-refractivity contribution in [1.29, 1.82) is 0 Å². The fourth-order valence-corrected chi connectivity index (χ4v) is 5.09. The van der Waals surface area contributed by atoms with Gasteiger partial charge in [0.15, 0.2) is 0 Å². The van der Waals surface area contributed by atoms with Gasteiger partial charge in [-0.2, -0.15) is 4.31 Å². The Labute approximate surface area is 125 Å². The van der Waals surface area contributed by atoms with Crippen molar-refractivity contribution in [2.45, 2.75) is 36.7 Å².